The summed E-state index contributed by atoms with van der Waals surface area (Å²) in [5.74, 6) is -0.594. The number of carbonyl (C=O) groups is 2. The Labute approximate surface area is 194 Å². The topological polar surface area (TPSA) is 110 Å². The number of nitrogens with one attached hydrogen (secondary N) is 2. The number of anilines is 1. The molecule has 2 atom stereocenters. The van der Waals surface area contributed by atoms with Gasteiger partial charge in [0, 0.05) is 17.3 Å². The summed E-state index contributed by atoms with van der Waals surface area (Å²) in [6.07, 6.45) is 2.03. The van der Waals surface area contributed by atoms with E-state index in [1.54, 1.807) is 6.92 Å². The van der Waals surface area contributed by atoms with Gasteiger partial charge < -0.3 is 22.1 Å². The zero-order valence-electron chi connectivity index (χ0n) is 18.8. The Hall–Kier alpha value is -3.64. The van der Waals surface area contributed by atoms with Gasteiger partial charge in [0.05, 0.1) is 6.04 Å². The number of fused-ring (bicyclic) bond motifs is 1. The molecule has 33 heavy (non-hydrogen) atoms. The summed E-state index contributed by atoms with van der Waals surface area (Å²) in [6.45, 7) is 1.72. The highest BCUT2D eigenvalue weighted by Crippen LogP contribution is 2.33. The van der Waals surface area contributed by atoms with E-state index in [0.29, 0.717) is 6.42 Å². The van der Waals surface area contributed by atoms with Crippen LogP contribution in [0.2, 0.25) is 0 Å². The van der Waals surface area contributed by atoms with Crippen LogP contribution in [0.1, 0.15) is 23.6 Å². The molecule has 1 aliphatic rings. The third kappa shape index (κ3) is 5.23. The zero-order chi connectivity index (χ0) is 23.4. The second-order valence-corrected chi connectivity index (χ2v) is 8.67. The van der Waals surface area contributed by atoms with Gasteiger partial charge in [0.1, 0.15) is 6.04 Å². The number of hydrogen-bond donors (Lipinski definition) is 4. The van der Waals surface area contributed by atoms with Crippen molar-refractivity contribution in [2.75, 3.05) is 5.32 Å². The average molecular weight is 443 g/mol. The molecule has 2 unspecified atom stereocenters. The average Bonchev–Trinajstić information content (AvgIpc) is 3.22. The van der Waals surface area contributed by atoms with Crippen molar-refractivity contribution in [1.29, 1.82) is 0 Å². The number of hydrogen-bond acceptors (Lipinski definition) is 4. The lowest BCUT2D eigenvalue weighted by Gasteiger charge is -2.21. The maximum Gasteiger partial charge on any atom is 0.239 e. The van der Waals surface area contributed by atoms with Crippen LogP contribution in [-0.4, -0.2) is 29.9 Å². The largest absolute Gasteiger partial charge is 0.373 e. The number of carbonyl (C=O) groups excluding carboxylic acids is 2. The number of amides is 2. The van der Waals surface area contributed by atoms with Crippen molar-refractivity contribution in [3.63, 3.8) is 0 Å². The van der Waals surface area contributed by atoms with Crippen molar-refractivity contribution in [3.8, 4) is 11.1 Å². The summed E-state index contributed by atoms with van der Waals surface area (Å²) in [5.41, 5.74) is 18.0. The summed E-state index contributed by atoms with van der Waals surface area (Å²) in [7, 11) is 0. The number of nitrogens with two attached hydrogens (primary N) is 2. The number of rotatable bonds is 8. The van der Waals surface area contributed by atoms with Gasteiger partial charge in [-0.25, -0.2) is 0 Å². The van der Waals surface area contributed by atoms with E-state index in [1.165, 1.54) is 11.1 Å². The molecule has 0 heterocycles. The second kappa shape index (κ2) is 9.88. The Balaban J connectivity index is 1.53. The second-order valence-electron chi connectivity index (χ2n) is 8.67. The molecule has 170 valence electrons. The van der Waals surface area contributed by atoms with Crippen LogP contribution in [0.4, 0.5) is 5.69 Å². The summed E-state index contributed by atoms with van der Waals surface area (Å²) < 4.78 is 0. The fourth-order valence-corrected chi connectivity index (χ4v) is 4.44. The van der Waals surface area contributed by atoms with E-state index < -0.39 is 18.0 Å². The molecule has 0 saturated heterocycles. The summed E-state index contributed by atoms with van der Waals surface area (Å²) >= 11 is 0. The van der Waals surface area contributed by atoms with E-state index in [1.807, 2.05) is 60.7 Å². The lowest BCUT2D eigenvalue weighted by molar-refractivity contribution is -0.123. The highest BCUT2D eigenvalue weighted by molar-refractivity contribution is 5.88. The van der Waals surface area contributed by atoms with Crippen molar-refractivity contribution < 1.29 is 9.59 Å². The van der Waals surface area contributed by atoms with E-state index in [0.717, 1.165) is 35.2 Å². The van der Waals surface area contributed by atoms with Crippen LogP contribution in [0.25, 0.3) is 11.1 Å². The van der Waals surface area contributed by atoms with Gasteiger partial charge in [-0.2, -0.15) is 0 Å². The first kappa shape index (κ1) is 22.6. The van der Waals surface area contributed by atoms with Gasteiger partial charge in [-0.3, -0.25) is 9.59 Å². The van der Waals surface area contributed by atoms with Gasteiger partial charge in [0.2, 0.25) is 11.8 Å². The zero-order valence-corrected chi connectivity index (χ0v) is 18.8. The van der Waals surface area contributed by atoms with Gasteiger partial charge in [0.15, 0.2) is 0 Å². The van der Waals surface area contributed by atoms with Crippen molar-refractivity contribution in [2.45, 2.75) is 44.3 Å². The molecule has 4 rings (SSSR count). The normalized spacial score (nSPS) is 14.8. The molecule has 6 heteroatoms. The maximum absolute atomic E-state index is 12.9. The molecule has 0 fully saturated rings. The minimum Gasteiger partial charge on any atom is -0.373 e. The summed E-state index contributed by atoms with van der Waals surface area (Å²) in [4.78, 5) is 24.6. The fraction of sp³-hybridized carbons (Fsp3) is 0.259. The molecular weight excluding hydrogens is 412 g/mol. The van der Waals surface area contributed by atoms with Gasteiger partial charge in [-0.15, -0.1) is 0 Å². The highest BCUT2D eigenvalue weighted by Gasteiger charge is 2.25. The van der Waals surface area contributed by atoms with Crippen LogP contribution in [-0.2, 0) is 28.9 Å². The van der Waals surface area contributed by atoms with Crippen LogP contribution in [0, 0.1) is 0 Å². The Bertz CT molecular complexity index is 1120. The maximum atomic E-state index is 12.9. The van der Waals surface area contributed by atoms with Gasteiger partial charge in [0.25, 0.3) is 0 Å². The predicted molar refractivity (Wildman–Crippen MR) is 132 cm³/mol. The molecular formula is C27H30N4O2. The van der Waals surface area contributed by atoms with Gasteiger partial charge >= 0.3 is 0 Å². The first-order valence-electron chi connectivity index (χ1n) is 11.3. The monoisotopic (exact) mass is 442 g/mol. The molecule has 0 radical (unpaired) electrons. The molecule has 0 aromatic heterocycles. The highest BCUT2D eigenvalue weighted by atomic mass is 16.2. The fourth-order valence-electron chi connectivity index (χ4n) is 4.44. The third-order valence-corrected chi connectivity index (χ3v) is 6.19. The van der Waals surface area contributed by atoms with Crippen molar-refractivity contribution >= 4 is 17.5 Å². The third-order valence-electron chi connectivity index (χ3n) is 6.19. The Morgan fingerprint density at radius 3 is 2.21 bits per heavy atom. The minimum absolute atomic E-state index is 0.0685. The first-order chi connectivity index (χ1) is 15.9. The minimum atomic E-state index is -0.694. The number of primary amides is 1. The molecule has 0 bridgehead atoms. The lowest BCUT2D eigenvalue weighted by Crippen LogP contribution is -2.46. The molecule has 6 nitrogen and oxygen atoms in total. The van der Waals surface area contributed by atoms with Crippen LogP contribution in [0.5, 0.6) is 0 Å². The van der Waals surface area contributed by atoms with Crippen molar-refractivity contribution in [2.24, 2.45) is 11.5 Å². The molecule has 0 saturated carbocycles. The van der Waals surface area contributed by atoms with Crippen LogP contribution < -0.4 is 22.1 Å². The summed E-state index contributed by atoms with van der Waals surface area (Å²) in [5, 5.41) is 6.33. The molecule has 3 aromatic carbocycles. The molecule has 2 amide bonds. The molecule has 0 aliphatic heterocycles. The van der Waals surface area contributed by atoms with E-state index in [2.05, 4.69) is 22.8 Å². The molecule has 6 N–H and O–H groups in total. The van der Waals surface area contributed by atoms with Gasteiger partial charge in [-0.1, -0.05) is 66.7 Å². The van der Waals surface area contributed by atoms with Crippen LogP contribution in [0.3, 0.4) is 0 Å². The van der Waals surface area contributed by atoms with E-state index in [4.69, 9.17) is 11.5 Å². The molecule has 1 aliphatic carbocycles. The molecule has 0 spiro atoms. The van der Waals surface area contributed by atoms with E-state index in [-0.39, 0.29) is 11.9 Å². The Morgan fingerprint density at radius 2 is 1.58 bits per heavy atom. The first-order valence-corrected chi connectivity index (χ1v) is 11.3. The van der Waals surface area contributed by atoms with Crippen molar-refractivity contribution in [1.82, 2.24) is 5.32 Å². The summed E-state index contributed by atoms with van der Waals surface area (Å²) in [6, 6.07) is 22.8. The quantitative estimate of drug-likeness (QED) is 0.430. The van der Waals surface area contributed by atoms with E-state index >= 15 is 0 Å². The van der Waals surface area contributed by atoms with Gasteiger partial charge in [-0.05, 0) is 54.5 Å². The van der Waals surface area contributed by atoms with Crippen LogP contribution in [0.15, 0.2) is 72.8 Å². The molecule has 3 aromatic rings. The SMILES string of the molecule is CC(Nc1cccc(CC(N)C(=O)NC2Cc3ccccc3C2)c1-c1ccccc1)C(N)=O. The van der Waals surface area contributed by atoms with Crippen LogP contribution >= 0.6 is 0 Å². The standard InChI is InChI=1S/C27H30N4O2/c1-17(26(29)32)30-24-13-7-12-21(25(24)18-8-3-2-4-9-18)16-23(28)27(33)31-22-14-19-10-5-6-11-20(19)15-22/h2-13,17,22-23,30H,14-16,28H2,1H3,(H2,29,32)(H,31,33). The Kier molecular flexibility index (Phi) is 6.75. The Morgan fingerprint density at radius 1 is 0.939 bits per heavy atom. The lowest BCUT2D eigenvalue weighted by atomic mass is 9.93. The van der Waals surface area contributed by atoms with E-state index in [9.17, 15) is 9.59 Å². The predicted octanol–water partition coefficient (Wildman–Crippen LogP) is 2.79. The number of benzene rings is 3. The smallest absolute Gasteiger partial charge is 0.239 e. The van der Waals surface area contributed by atoms with Crippen molar-refractivity contribution in [3.05, 3.63) is 89.5 Å².